The number of pyridine rings is 1. The summed E-state index contributed by atoms with van der Waals surface area (Å²) in [6, 6.07) is 7.75. The minimum Gasteiger partial charge on any atom is -0.453 e. The van der Waals surface area contributed by atoms with E-state index in [1.54, 1.807) is 26.2 Å². The number of halogens is 3. The number of rotatable bonds is 6. The number of ether oxygens (including phenoxy) is 2. The number of oxime groups is 1. The second-order valence-electron chi connectivity index (χ2n) is 9.07. The predicted octanol–water partition coefficient (Wildman–Crippen LogP) is 3.71. The zero-order valence-electron chi connectivity index (χ0n) is 20.5. The monoisotopic (exact) mass is 528 g/mol. The minimum absolute atomic E-state index is 0.0580. The number of anilines is 1. The van der Waals surface area contributed by atoms with Crippen molar-refractivity contribution in [3.63, 3.8) is 0 Å². The standard InChI is InChI=1S/C25H23F3N6O4/c1-33(23-20-18(34(2)25(35)31-23)10-5-14(11-29)30-20)15-6-3-13(4-7-15)19(32-38-24(27)28)16-8-9-17(26)22-21(16)36-12-37-22/h5,8-10,13,15,24H,3-4,6-7,12H2,1-2H3/b32-19-. The third-order valence-electron chi connectivity index (χ3n) is 6.99. The summed E-state index contributed by atoms with van der Waals surface area (Å²) >= 11 is 0. The van der Waals surface area contributed by atoms with E-state index in [0.29, 0.717) is 48.1 Å². The second-order valence-corrected chi connectivity index (χ2v) is 9.07. The van der Waals surface area contributed by atoms with Crippen molar-refractivity contribution in [2.75, 3.05) is 18.7 Å². The molecule has 10 nitrogen and oxygen atoms in total. The lowest BCUT2D eigenvalue weighted by atomic mass is 9.80. The van der Waals surface area contributed by atoms with E-state index < -0.39 is 18.1 Å². The van der Waals surface area contributed by atoms with E-state index in [0.717, 1.165) is 0 Å². The van der Waals surface area contributed by atoms with E-state index in [9.17, 15) is 23.2 Å². The molecule has 0 unspecified atom stereocenters. The van der Waals surface area contributed by atoms with Crippen molar-refractivity contribution < 1.29 is 27.5 Å². The van der Waals surface area contributed by atoms with Crippen molar-refractivity contribution in [2.24, 2.45) is 18.1 Å². The second kappa shape index (κ2) is 10.2. The van der Waals surface area contributed by atoms with Gasteiger partial charge in [-0.25, -0.2) is 14.2 Å². The van der Waals surface area contributed by atoms with Gasteiger partial charge in [-0.2, -0.15) is 19.0 Å². The maximum absolute atomic E-state index is 14.1. The summed E-state index contributed by atoms with van der Waals surface area (Å²) in [6.07, 6.45) is 2.28. The maximum Gasteiger partial charge on any atom is 0.407 e. The molecule has 1 aliphatic carbocycles. The van der Waals surface area contributed by atoms with Crippen molar-refractivity contribution >= 4 is 22.6 Å². The van der Waals surface area contributed by atoms with Crippen LogP contribution in [0.5, 0.6) is 11.5 Å². The molecule has 13 heteroatoms. The zero-order valence-corrected chi connectivity index (χ0v) is 20.5. The average Bonchev–Trinajstić information content (AvgIpc) is 3.42. The molecule has 3 heterocycles. The number of nitrogens with zero attached hydrogens (tertiary/aromatic N) is 6. The van der Waals surface area contributed by atoms with Crippen molar-refractivity contribution in [1.82, 2.24) is 14.5 Å². The summed E-state index contributed by atoms with van der Waals surface area (Å²) < 4.78 is 51.9. The normalized spacial score (nSPS) is 19.0. The molecule has 0 atom stereocenters. The van der Waals surface area contributed by atoms with Crippen LogP contribution in [-0.4, -0.2) is 46.7 Å². The Bertz CT molecular complexity index is 1510. The molecule has 0 saturated heterocycles. The van der Waals surface area contributed by atoms with E-state index in [4.69, 9.17) is 9.47 Å². The predicted molar refractivity (Wildman–Crippen MR) is 130 cm³/mol. The molecule has 5 rings (SSSR count). The number of nitriles is 1. The topological polar surface area (TPSA) is 115 Å². The van der Waals surface area contributed by atoms with Crippen LogP contribution in [0, 0.1) is 23.1 Å². The van der Waals surface area contributed by atoms with Crippen LogP contribution >= 0.6 is 0 Å². The maximum atomic E-state index is 14.1. The fourth-order valence-electron chi connectivity index (χ4n) is 5.03. The Morgan fingerprint density at radius 3 is 2.63 bits per heavy atom. The average molecular weight is 528 g/mol. The van der Waals surface area contributed by atoms with Crippen molar-refractivity contribution in [3.05, 3.63) is 51.8 Å². The smallest absolute Gasteiger partial charge is 0.407 e. The summed E-state index contributed by atoms with van der Waals surface area (Å²) in [6.45, 7) is -3.31. The lowest BCUT2D eigenvalue weighted by Crippen LogP contribution is -2.39. The van der Waals surface area contributed by atoms with Crippen LogP contribution in [0.1, 0.15) is 36.9 Å². The van der Waals surface area contributed by atoms with Crippen LogP contribution in [-0.2, 0) is 11.9 Å². The van der Waals surface area contributed by atoms with Gasteiger partial charge in [-0.15, -0.1) is 0 Å². The highest BCUT2D eigenvalue weighted by Crippen LogP contribution is 2.41. The minimum atomic E-state index is -3.12. The highest BCUT2D eigenvalue weighted by atomic mass is 19.3. The molecular weight excluding hydrogens is 505 g/mol. The molecule has 0 spiro atoms. The Morgan fingerprint density at radius 2 is 1.92 bits per heavy atom. The van der Waals surface area contributed by atoms with Gasteiger partial charge < -0.3 is 19.2 Å². The van der Waals surface area contributed by atoms with Gasteiger partial charge in [0.15, 0.2) is 17.4 Å². The van der Waals surface area contributed by atoms with Crippen LogP contribution in [0.4, 0.5) is 19.0 Å². The number of benzene rings is 1. The van der Waals surface area contributed by atoms with Crippen molar-refractivity contribution in [2.45, 2.75) is 38.3 Å². The Hall–Kier alpha value is -4.34. The molecule has 2 aliphatic rings. The fraction of sp³-hybridized carbons (Fsp3) is 0.400. The number of hydrogen-bond donors (Lipinski definition) is 0. The van der Waals surface area contributed by atoms with E-state index in [1.165, 1.54) is 16.7 Å². The molecule has 2 aromatic heterocycles. The lowest BCUT2D eigenvalue weighted by molar-refractivity contribution is -0.128. The number of alkyl halides is 2. The SMILES string of the molecule is CN(c1nc(=O)n(C)c2ccc(C#N)nc12)C1CCC(/C(=N/OC(F)F)c2ccc(F)c3c2OCO3)CC1. The zero-order chi connectivity index (χ0) is 27.0. The van der Waals surface area contributed by atoms with E-state index in [-0.39, 0.29) is 41.7 Å². The van der Waals surface area contributed by atoms with Crippen LogP contribution in [0.3, 0.4) is 0 Å². The van der Waals surface area contributed by atoms with Crippen molar-refractivity contribution in [3.8, 4) is 17.6 Å². The third-order valence-corrected chi connectivity index (χ3v) is 6.99. The van der Waals surface area contributed by atoms with Gasteiger partial charge in [0.25, 0.3) is 0 Å². The van der Waals surface area contributed by atoms with Crippen LogP contribution < -0.4 is 20.1 Å². The first-order chi connectivity index (χ1) is 18.3. The molecule has 1 saturated carbocycles. The highest BCUT2D eigenvalue weighted by molar-refractivity contribution is 6.05. The summed E-state index contributed by atoms with van der Waals surface area (Å²) in [5.41, 5.74) is 1.29. The number of aromatic nitrogens is 3. The van der Waals surface area contributed by atoms with Gasteiger partial charge in [-0.05, 0) is 49.9 Å². The number of aryl methyl sites for hydroxylation is 1. The molecule has 0 bridgehead atoms. The number of hydrogen-bond acceptors (Lipinski definition) is 9. The summed E-state index contributed by atoms with van der Waals surface area (Å²) in [5, 5.41) is 13.0. The summed E-state index contributed by atoms with van der Waals surface area (Å²) in [5.74, 6) is -0.526. The van der Waals surface area contributed by atoms with Crippen LogP contribution in [0.25, 0.3) is 11.0 Å². The molecule has 3 aromatic rings. The van der Waals surface area contributed by atoms with Gasteiger partial charge in [0.05, 0.1) is 11.2 Å². The lowest BCUT2D eigenvalue weighted by Gasteiger charge is -2.35. The molecule has 38 heavy (non-hydrogen) atoms. The van der Waals surface area contributed by atoms with Gasteiger partial charge in [0.1, 0.15) is 17.3 Å². The third kappa shape index (κ3) is 4.57. The molecular formula is C25H23F3N6O4. The molecule has 1 aromatic carbocycles. The largest absolute Gasteiger partial charge is 0.453 e. The Balaban J connectivity index is 1.42. The first kappa shape index (κ1) is 25.3. The molecule has 1 aliphatic heterocycles. The first-order valence-corrected chi connectivity index (χ1v) is 11.9. The van der Waals surface area contributed by atoms with E-state index in [2.05, 4.69) is 20.0 Å². The van der Waals surface area contributed by atoms with Gasteiger partial charge in [-0.3, -0.25) is 4.57 Å². The van der Waals surface area contributed by atoms with Crippen molar-refractivity contribution in [1.29, 1.82) is 5.26 Å². The van der Waals surface area contributed by atoms with Crippen LogP contribution in [0.2, 0.25) is 0 Å². The Labute approximate surface area is 214 Å². The van der Waals surface area contributed by atoms with Crippen LogP contribution in [0.15, 0.2) is 34.2 Å². The first-order valence-electron chi connectivity index (χ1n) is 11.9. The Kier molecular flexibility index (Phi) is 6.79. The highest BCUT2D eigenvalue weighted by Gasteiger charge is 2.33. The van der Waals surface area contributed by atoms with E-state index >= 15 is 0 Å². The van der Waals surface area contributed by atoms with Gasteiger partial charge in [0.2, 0.25) is 12.5 Å². The van der Waals surface area contributed by atoms with E-state index in [1.807, 2.05) is 11.0 Å². The Morgan fingerprint density at radius 1 is 1.18 bits per heavy atom. The number of fused-ring (bicyclic) bond motifs is 2. The van der Waals surface area contributed by atoms with Gasteiger partial charge in [0, 0.05) is 31.6 Å². The molecule has 0 radical (unpaired) electrons. The molecule has 198 valence electrons. The molecule has 1 fully saturated rings. The summed E-state index contributed by atoms with van der Waals surface area (Å²) in [7, 11) is 3.39. The molecule has 0 N–H and O–H groups in total. The van der Waals surface area contributed by atoms with Gasteiger partial charge >= 0.3 is 12.3 Å². The quantitative estimate of drug-likeness (QED) is 0.351. The molecule has 0 amide bonds. The fourth-order valence-corrected chi connectivity index (χ4v) is 5.03. The summed E-state index contributed by atoms with van der Waals surface area (Å²) in [4.78, 5) is 27.3. The van der Waals surface area contributed by atoms with Gasteiger partial charge in [-0.1, -0.05) is 5.16 Å².